The first-order valence-corrected chi connectivity index (χ1v) is 6.24. The molecule has 3 N–H and O–H groups in total. The average Bonchev–Trinajstić information content (AvgIpc) is 2.36. The van der Waals surface area contributed by atoms with E-state index in [2.05, 4.69) is 24.5 Å². The van der Waals surface area contributed by atoms with Crippen LogP contribution in [0.15, 0.2) is 30.3 Å². The Morgan fingerprint density at radius 1 is 1.28 bits per heavy atom. The molecular weight excluding hydrogens is 228 g/mol. The average molecular weight is 250 g/mol. The van der Waals surface area contributed by atoms with Gasteiger partial charge in [-0.1, -0.05) is 32.0 Å². The lowest BCUT2D eigenvalue weighted by atomic mass is 9.88. The number of nitrogens with one attached hydrogen (secondary N) is 2. The molecule has 0 unspecified atom stereocenters. The highest BCUT2D eigenvalue weighted by atomic mass is 16.2. The van der Waals surface area contributed by atoms with Gasteiger partial charge in [-0.2, -0.15) is 0 Å². The van der Waals surface area contributed by atoms with E-state index in [9.17, 15) is 4.79 Å². The number of benzene rings is 1. The first kappa shape index (κ1) is 14.5. The fourth-order valence-corrected chi connectivity index (χ4v) is 1.66. The van der Waals surface area contributed by atoms with E-state index < -0.39 is 0 Å². The van der Waals surface area contributed by atoms with E-state index in [-0.39, 0.29) is 18.1 Å². The molecule has 18 heavy (non-hydrogen) atoms. The Morgan fingerprint density at radius 3 is 2.56 bits per heavy atom. The van der Waals surface area contributed by atoms with Gasteiger partial charge in [0.15, 0.2) is 0 Å². The molecule has 0 bridgehead atoms. The van der Waals surface area contributed by atoms with Gasteiger partial charge in [0.1, 0.15) is 0 Å². The molecule has 4 heteroatoms. The van der Waals surface area contributed by atoms with Gasteiger partial charge in [-0.05, 0) is 30.4 Å². The molecule has 0 aromatic heterocycles. The molecule has 4 nitrogen and oxygen atoms in total. The van der Waals surface area contributed by atoms with Crippen LogP contribution in [-0.2, 0) is 0 Å². The predicted octanol–water partition coefficient (Wildman–Crippen LogP) is 2.61. The molecule has 0 spiro atoms. The van der Waals surface area contributed by atoms with Crippen molar-refractivity contribution in [3.63, 3.8) is 0 Å². The number of aliphatic hydroxyl groups is 1. The van der Waals surface area contributed by atoms with Crippen LogP contribution < -0.4 is 10.6 Å². The number of carbonyl (C=O) groups excluding carboxylic acids is 1. The van der Waals surface area contributed by atoms with Crippen LogP contribution >= 0.6 is 0 Å². The van der Waals surface area contributed by atoms with Gasteiger partial charge in [0.25, 0.3) is 0 Å². The molecule has 0 fully saturated rings. The van der Waals surface area contributed by atoms with E-state index in [4.69, 9.17) is 5.11 Å². The quantitative estimate of drug-likeness (QED) is 0.726. The maximum atomic E-state index is 11.7. The third-order valence-corrected chi connectivity index (χ3v) is 2.77. The van der Waals surface area contributed by atoms with Crippen LogP contribution in [0.1, 0.15) is 26.7 Å². The number of rotatable bonds is 6. The van der Waals surface area contributed by atoms with Crippen LogP contribution in [0.4, 0.5) is 10.5 Å². The zero-order valence-corrected chi connectivity index (χ0v) is 11.1. The van der Waals surface area contributed by atoms with Crippen molar-refractivity contribution in [1.82, 2.24) is 5.32 Å². The summed E-state index contributed by atoms with van der Waals surface area (Å²) >= 11 is 0. The van der Waals surface area contributed by atoms with Crippen LogP contribution in [-0.4, -0.2) is 24.3 Å². The summed E-state index contributed by atoms with van der Waals surface area (Å²) in [4.78, 5) is 11.7. The fraction of sp³-hybridized carbons (Fsp3) is 0.500. The maximum Gasteiger partial charge on any atom is 0.319 e. The number of para-hydroxylation sites is 1. The number of urea groups is 1. The normalized spacial score (nSPS) is 11.1. The van der Waals surface area contributed by atoms with Gasteiger partial charge in [-0.15, -0.1) is 0 Å². The molecule has 0 heterocycles. The number of aliphatic hydroxyl groups excluding tert-OH is 1. The standard InChI is InChI=1S/C14H22N2O2/c1-14(2,9-6-10-17)11-15-13(18)16-12-7-4-3-5-8-12/h3-5,7-8,17H,6,9-11H2,1-2H3,(H2,15,16,18). The Balaban J connectivity index is 2.33. The lowest BCUT2D eigenvalue weighted by molar-refractivity contribution is 0.227. The highest BCUT2D eigenvalue weighted by Crippen LogP contribution is 2.20. The lowest BCUT2D eigenvalue weighted by Gasteiger charge is -2.24. The molecule has 2 amide bonds. The zero-order chi connectivity index (χ0) is 13.4. The topological polar surface area (TPSA) is 61.4 Å². The van der Waals surface area contributed by atoms with Gasteiger partial charge < -0.3 is 15.7 Å². The van der Waals surface area contributed by atoms with Gasteiger partial charge in [-0.3, -0.25) is 0 Å². The Kier molecular flexibility index (Phi) is 5.65. The highest BCUT2D eigenvalue weighted by Gasteiger charge is 2.18. The minimum absolute atomic E-state index is 0.00322. The van der Waals surface area contributed by atoms with E-state index in [0.29, 0.717) is 6.54 Å². The lowest BCUT2D eigenvalue weighted by Crippen LogP contribution is -2.36. The van der Waals surface area contributed by atoms with E-state index in [1.807, 2.05) is 30.3 Å². The van der Waals surface area contributed by atoms with E-state index in [1.54, 1.807) is 0 Å². The van der Waals surface area contributed by atoms with Crippen LogP contribution in [0.25, 0.3) is 0 Å². The van der Waals surface area contributed by atoms with Crippen molar-refractivity contribution in [2.75, 3.05) is 18.5 Å². The van der Waals surface area contributed by atoms with Crippen molar-refractivity contribution in [3.05, 3.63) is 30.3 Å². The minimum atomic E-state index is -0.196. The second-order valence-electron chi connectivity index (χ2n) is 5.17. The smallest absolute Gasteiger partial charge is 0.319 e. The number of carbonyl (C=O) groups is 1. The molecule has 0 atom stereocenters. The zero-order valence-electron chi connectivity index (χ0n) is 11.1. The molecule has 1 aromatic rings. The summed E-state index contributed by atoms with van der Waals surface area (Å²) in [5.41, 5.74) is 0.777. The molecule has 0 radical (unpaired) electrons. The third kappa shape index (κ3) is 5.68. The van der Waals surface area contributed by atoms with Gasteiger partial charge in [0.05, 0.1) is 0 Å². The summed E-state index contributed by atoms with van der Waals surface area (Å²) in [5, 5.41) is 14.4. The number of amides is 2. The van der Waals surface area contributed by atoms with Crippen LogP contribution in [0.2, 0.25) is 0 Å². The molecule has 0 aliphatic heterocycles. The predicted molar refractivity (Wildman–Crippen MR) is 73.6 cm³/mol. The number of hydrogen-bond donors (Lipinski definition) is 3. The Hall–Kier alpha value is -1.55. The van der Waals surface area contributed by atoms with Crippen LogP contribution in [0, 0.1) is 5.41 Å². The van der Waals surface area contributed by atoms with Crippen molar-refractivity contribution < 1.29 is 9.90 Å². The summed E-state index contributed by atoms with van der Waals surface area (Å²) in [6.45, 7) is 4.93. The Labute approximate surface area is 108 Å². The monoisotopic (exact) mass is 250 g/mol. The van der Waals surface area contributed by atoms with Crippen LogP contribution in [0.5, 0.6) is 0 Å². The molecule has 0 aliphatic carbocycles. The van der Waals surface area contributed by atoms with E-state index in [1.165, 1.54) is 0 Å². The summed E-state index contributed by atoms with van der Waals surface area (Å²) in [7, 11) is 0. The van der Waals surface area contributed by atoms with Crippen molar-refractivity contribution >= 4 is 11.7 Å². The molecule has 100 valence electrons. The summed E-state index contributed by atoms with van der Waals surface area (Å²) < 4.78 is 0. The SMILES string of the molecule is CC(C)(CCCO)CNC(=O)Nc1ccccc1. The fourth-order valence-electron chi connectivity index (χ4n) is 1.66. The number of anilines is 1. The highest BCUT2D eigenvalue weighted by molar-refractivity contribution is 5.89. The summed E-state index contributed by atoms with van der Waals surface area (Å²) in [5.74, 6) is 0. The third-order valence-electron chi connectivity index (χ3n) is 2.77. The molecule has 1 aromatic carbocycles. The largest absolute Gasteiger partial charge is 0.396 e. The van der Waals surface area contributed by atoms with Crippen molar-refractivity contribution in [3.8, 4) is 0 Å². The van der Waals surface area contributed by atoms with Crippen molar-refractivity contribution in [2.24, 2.45) is 5.41 Å². The summed E-state index contributed by atoms with van der Waals surface area (Å²) in [6, 6.07) is 9.15. The molecule has 1 rings (SSSR count). The van der Waals surface area contributed by atoms with Crippen molar-refractivity contribution in [1.29, 1.82) is 0 Å². The van der Waals surface area contributed by atoms with E-state index >= 15 is 0 Å². The summed E-state index contributed by atoms with van der Waals surface area (Å²) in [6.07, 6.45) is 1.64. The maximum absolute atomic E-state index is 11.7. The molecular formula is C14H22N2O2. The Bertz CT molecular complexity index is 363. The van der Waals surface area contributed by atoms with Gasteiger partial charge in [0, 0.05) is 18.8 Å². The second-order valence-corrected chi connectivity index (χ2v) is 5.17. The van der Waals surface area contributed by atoms with Gasteiger partial charge >= 0.3 is 6.03 Å². The Morgan fingerprint density at radius 2 is 1.94 bits per heavy atom. The minimum Gasteiger partial charge on any atom is -0.396 e. The van der Waals surface area contributed by atoms with Gasteiger partial charge in [0.2, 0.25) is 0 Å². The van der Waals surface area contributed by atoms with Crippen molar-refractivity contribution in [2.45, 2.75) is 26.7 Å². The van der Waals surface area contributed by atoms with Crippen LogP contribution in [0.3, 0.4) is 0 Å². The molecule has 0 aliphatic rings. The van der Waals surface area contributed by atoms with Gasteiger partial charge in [-0.25, -0.2) is 4.79 Å². The number of hydrogen-bond acceptors (Lipinski definition) is 2. The first-order chi connectivity index (χ1) is 8.53. The first-order valence-electron chi connectivity index (χ1n) is 6.24. The molecule has 0 saturated heterocycles. The second kappa shape index (κ2) is 7.01. The van der Waals surface area contributed by atoms with E-state index in [0.717, 1.165) is 18.5 Å². The molecule has 0 saturated carbocycles.